The van der Waals surface area contributed by atoms with Crippen molar-refractivity contribution in [3.05, 3.63) is 58.6 Å². The standard InChI is InChI=1S/C21H21ClN2O4S/c1-28-17-15(22)11-13(18(25)26)12-16(17)23-20(29)24-19(27)21(9-5-6-10-21)14-7-3-2-4-8-14/h2-4,7-8,11-12H,5-6,9-10H2,1H3,(H,25,26)(H2,23,24,27,29). The van der Waals surface area contributed by atoms with Crippen molar-refractivity contribution in [2.75, 3.05) is 12.4 Å². The van der Waals surface area contributed by atoms with Gasteiger partial charge in [0.1, 0.15) is 0 Å². The second-order valence-electron chi connectivity index (χ2n) is 6.91. The molecular formula is C21H21ClN2O4S. The molecule has 2 aromatic carbocycles. The number of hydrogen-bond donors (Lipinski definition) is 3. The molecule has 1 saturated carbocycles. The first-order chi connectivity index (χ1) is 13.9. The molecule has 1 fully saturated rings. The van der Waals surface area contributed by atoms with Crippen molar-refractivity contribution in [1.29, 1.82) is 0 Å². The number of rotatable bonds is 5. The molecule has 1 amide bonds. The van der Waals surface area contributed by atoms with E-state index in [0.29, 0.717) is 0 Å². The number of benzene rings is 2. The molecule has 3 N–H and O–H groups in total. The summed E-state index contributed by atoms with van der Waals surface area (Å²) in [6, 6.07) is 12.3. The number of carbonyl (C=O) groups excluding carboxylic acids is 1. The van der Waals surface area contributed by atoms with Crippen LogP contribution in [0.2, 0.25) is 5.02 Å². The number of carboxylic acids is 1. The molecule has 0 bridgehead atoms. The summed E-state index contributed by atoms with van der Waals surface area (Å²) in [7, 11) is 1.41. The molecule has 29 heavy (non-hydrogen) atoms. The molecule has 1 aliphatic rings. The lowest BCUT2D eigenvalue weighted by Crippen LogP contribution is -2.46. The number of methoxy groups -OCH3 is 1. The molecule has 0 radical (unpaired) electrons. The Morgan fingerprint density at radius 1 is 1.17 bits per heavy atom. The van der Waals surface area contributed by atoms with Crippen molar-refractivity contribution in [2.24, 2.45) is 0 Å². The zero-order chi connectivity index (χ0) is 21.0. The van der Waals surface area contributed by atoms with Crippen LogP contribution in [0.25, 0.3) is 0 Å². The Kier molecular flexibility index (Phi) is 6.39. The van der Waals surface area contributed by atoms with E-state index in [-0.39, 0.29) is 33.0 Å². The highest BCUT2D eigenvalue weighted by Gasteiger charge is 2.42. The fourth-order valence-corrected chi connectivity index (χ4v) is 4.28. The lowest BCUT2D eigenvalue weighted by Gasteiger charge is -2.28. The maximum atomic E-state index is 13.2. The molecule has 2 aromatic rings. The molecule has 0 saturated heterocycles. The highest BCUT2D eigenvalue weighted by atomic mass is 35.5. The highest BCUT2D eigenvalue weighted by Crippen LogP contribution is 2.41. The lowest BCUT2D eigenvalue weighted by molar-refractivity contribution is -0.125. The molecule has 0 atom stereocenters. The van der Waals surface area contributed by atoms with Gasteiger partial charge in [0.15, 0.2) is 10.9 Å². The zero-order valence-electron chi connectivity index (χ0n) is 15.8. The number of nitrogens with one attached hydrogen (secondary N) is 2. The van der Waals surface area contributed by atoms with E-state index in [0.717, 1.165) is 31.2 Å². The van der Waals surface area contributed by atoms with E-state index in [1.165, 1.54) is 19.2 Å². The zero-order valence-corrected chi connectivity index (χ0v) is 17.4. The first-order valence-electron chi connectivity index (χ1n) is 9.16. The third-order valence-electron chi connectivity index (χ3n) is 5.19. The minimum atomic E-state index is -1.14. The molecule has 1 aliphatic carbocycles. The molecule has 0 unspecified atom stereocenters. The van der Waals surface area contributed by atoms with Crippen LogP contribution < -0.4 is 15.4 Å². The van der Waals surface area contributed by atoms with Gasteiger partial charge < -0.3 is 20.5 Å². The minimum absolute atomic E-state index is 0.0241. The van der Waals surface area contributed by atoms with Gasteiger partial charge in [-0.15, -0.1) is 0 Å². The maximum Gasteiger partial charge on any atom is 0.335 e. The van der Waals surface area contributed by atoms with E-state index in [1.54, 1.807) is 0 Å². The Hall–Kier alpha value is -2.64. The average molecular weight is 433 g/mol. The number of carbonyl (C=O) groups is 2. The Morgan fingerprint density at radius 2 is 1.83 bits per heavy atom. The van der Waals surface area contributed by atoms with Crippen LogP contribution in [0.1, 0.15) is 41.6 Å². The van der Waals surface area contributed by atoms with Crippen LogP contribution in [0.3, 0.4) is 0 Å². The smallest absolute Gasteiger partial charge is 0.335 e. The fraction of sp³-hybridized carbons (Fsp3) is 0.286. The van der Waals surface area contributed by atoms with Crippen molar-refractivity contribution in [1.82, 2.24) is 5.32 Å². The van der Waals surface area contributed by atoms with Crippen molar-refractivity contribution < 1.29 is 19.4 Å². The number of thiocarbonyl (C=S) groups is 1. The third kappa shape index (κ3) is 4.36. The van der Waals surface area contributed by atoms with Crippen LogP contribution in [-0.4, -0.2) is 29.2 Å². The van der Waals surface area contributed by atoms with E-state index in [1.807, 2.05) is 30.3 Å². The summed E-state index contributed by atoms with van der Waals surface area (Å²) in [5.74, 6) is -1.08. The normalized spacial score (nSPS) is 14.8. The second-order valence-corrected chi connectivity index (χ2v) is 7.72. The number of halogens is 1. The van der Waals surface area contributed by atoms with Crippen LogP contribution in [0.15, 0.2) is 42.5 Å². The van der Waals surface area contributed by atoms with Crippen molar-refractivity contribution in [3.8, 4) is 5.75 Å². The quantitative estimate of drug-likeness (QED) is 0.608. The topological polar surface area (TPSA) is 87.7 Å². The fourth-order valence-electron chi connectivity index (χ4n) is 3.78. The van der Waals surface area contributed by atoms with Crippen LogP contribution >= 0.6 is 23.8 Å². The van der Waals surface area contributed by atoms with E-state index >= 15 is 0 Å². The Bertz CT molecular complexity index is 943. The van der Waals surface area contributed by atoms with Gasteiger partial charge in [0.05, 0.1) is 28.8 Å². The van der Waals surface area contributed by atoms with Crippen LogP contribution in [0.4, 0.5) is 5.69 Å². The van der Waals surface area contributed by atoms with E-state index in [4.69, 9.17) is 28.6 Å². The Morgan fingerprint density at radius 3 is 2.41 bits per heavy atom. The summed E-state index contributed by atoms with van der Waals surface area (Å²) in [5.41, 5.74) is 0.579. The van der Waals surface area contributed by atoms with E-state index in [2.05, 4.69) is 10.6 Å². The Balaban J connectivity index is 1.82. The molecule has 3 rings (SSSR count). The molecule has 0 aliphatic heterocycles. The average Bonchev–Trinajstić information content (AvgIpc) is 3.19. The lowest BCUT2D eigenvalue weighted by atomic mass is 9.78. The summed E-state index contributed by atoms with van der Waals surface area (Å²) in [6.07, 6.45) is 3.42. The van der Waals surface area contributed by atoms with Crippen molar-refractivity contribution in [2.45, 2.75) is 31.1 Å². The summed E-state index contributed by atoms with van der Waals surface area (Å²) in [5, 5.41) is 15.0. The SMILES string of the molecule is COc1c(Cl)cc(C(=O)O)cc1NC(=S)NC(=O)C1(c2ccccc2)CCCC1. The predicted molar refractivity (Wildman–Crippen MR) is 116 cm³/mol. The van der Waals surface area contributed by atoms with Crippen molar-refractivity contribution in [3.63, 3.8) is 0 Å². The Labute approximate surface area is 179 Å². The van der Waals surface area contributed by atoms with Crippen LogP contribution in [0.5, 0.6) is 5.75 Å². The van der Waals surface area contributed by atoms with Gasteiger partial charge in [0.2, 0.25) is 5.91 Å². The molecule has 0 aromatic heterocycles. The largest absolute Gasteiger partial charge is 0.493 e. The summed E-state index contributed by atoms with van der Waals surface area (Å²) < 4.78 is 5.25. The first-order valence-corrected chi connectivity index (χ1v) is 9.95. The van der Waals surface area contributed by atoms with Gasteiger partial charge >= 0.3 is 5.97 Å². The van der Waals surface area contributed by atoms with Gasteiger partial charge in [-0.3, -0.25) is 4.79 Å². The maximum absolute atomic E-state index is 13.2. The van der Waals surface area contributed by atoms with Gasteiger partial charge in [-0.25, -0.2) is 4.79 Å². The first kappa shape index (κ1) is 21.1. The monoisotopic (exact) mass is 432 g/mol. The number of anilines is 1. The van der Waals surface area contributed by atoms with E-state index in [9.17, 15) is 14.7 Å². The predicted octanol–water partition coefficient (Wildman–Crippen LogP) is 4.37. The van der Waals surface area contributed by atoms with Crippen LogP contribution in [-0.2, 0) is 10.2 Å². The summed E-state index contributed by atoms with van der Waals surface area (Å²) in [4.78, 5) is 24.5. The minimum Gasteiger partial charge on any atom is -0.493 e. The molecule has 6 nitrogen and oxygen atoms in total. The van der Waals surface area contributed by atoms with Gasteiger partial charge in [-0.1, -0.05) is 54.8 Å². The third-order valence-corrected chi connectivity index (χ3v) is 5.67. The number of aromatic carboxylic acids is 1. The number of hydrogen-bond acceptors (Lipinski definition) is 4. The second kappa shape index (κ2) is 8.80. The molecule has 8 heteroatoms. The molecule has 0 spiro atoms. The highest BCUT2D eigenvalue weighted by molar-refractivity contribution is 7.80. The number of ether oxygens (including phenoxy) is 1. The molecular weight excluding hydrogens is 412 g/mol. The van der Waals surface area contributed by atoms with E-state index < -0.39 is 11.4 Å². The molecule has 0 heterocycles. The summed E-state index contributed by atoms with van der Waals surface area (Å²) >= 11 is 11.4. The van der Waals surface area contributed by atoms with Gasteiger partial charge in [-0.05, 0) is 42.8 Å². The summed E-state index contributed by atoms with van der Waals surface area (Å²) in [6.45, 7) is 0. The number of carboxylic acid groups (broad SMARTS) is 1. The van der Waals surface area contributed by atoms with Crippen LogP contribution in [0, 0.1) is 0 Å². The van der Waals surface area contributed by atoms with Gasteiger partial charge in [-0.2, -0.15) is 0 Å². The van der Waals surface area contributed by atoms with Gasteiger partial charge in [0, 0.05) is 0 Å². The van der Waals surface area contributed by atoms with Crippen molar-refractivity contribution >= 4 is 46.5 Å². The van der Waals surface area contributed by atoms with Gasteiger partial charge in [0.25, 0.3) is 0 Å². The molecule has 152 valence electrons. The number of amides is 1.